The van der Waals surface area contributed by atoms with Gasteiger partial charge in [-0.2, -0.15) is 0 Å². The highest BCUT2D eigenvalue weighted by Gasteiger charge is 2.41. The lowest BCUT2D eigenvalue weighted by molar-refractivity contribution is -0.123. The summed E-state index contributed by atoms with van der Waals surface area (Å²) in [4.78, 5) is 18.2. The molecule has 2 aliphatic heterocycles. The zero-order chi connectivity index (χ0) is 20.6. The molecule has 1 unspecified atom stereocenters. The van der Waals surface area contributed by atoms with Crippen molar-refractivity contribution in [1.29, 1.82) is 0 Å². The summed E-state index contributed by atoms with van der Waals surface area (Å²) in [6.07, 6.45) is 4.60. The first-order valence-corrected chi connectivity index (χ1v) is 10.9. The van der Waals surface area contributed by atoms with E-state index in [2.05, 4.69) is 4.98 Å². The summed E-state index contributed by atoms with van der Waals surface area (Å²) < 4.78 is 19.8. The minimum Gasteiger partial charge on any atom is -0.375 e. The Morgan fingerprint density at radius 1 is 1.13 bits per heavy atom. The first-order chi connectivity index (χ1) is 14.6. The first-order valence-electron chi connectivity index (χ1n) is 10.9. The molecule has 1 amide bonds. The number of nitrogens with zero attached hydrogens (tertiary/aromatic N) is 1. The molecule has 2 aliphatic rings. The predicted octanol–water partition coefficient (Wildman–Crippen LogP) is 4.95. The maximum atomic E-state index is 13.5. The number of fused-ring (bicyclic) bond motifs is 1. The van der Waals surface area contributed by atoms with Crippen LogP contribution in [0.5, 0.6) is 0 Å². The number of hydrogen-bond donors (Lipinski definition) is 1. The van der Waals surface area contributed by atoms with Crippen LogP contribution in [0.3, 0.4) is 0 Å². The van der Waals surface area contributed by atoms with Gasteiger partial charge < -0.3 is 14.6 Å². The molecule has 0 bridgehead atoms. The molecule has 3 heterocycles. The molecule has 1 N–H and O–H groups in total. The molecule has 1 spiro atoms. The van der Waals surface area contributed by atoms with Crippen molar-refractivity contribution in [1.82, 2.24) is 9.88 Å². The number of aromatic nitrogens is 1. The van der Waals surface area contributed by atoms with Crippen LogP contribution >= 0.6 is 0 Å². The lowest BCUT2D eigenvalue weighted by Crippen LogP contribution is -2.51. The number of rotatable bonds is 3. The Morgan fingerprint density at radius 3 is 2.77 bits per heavy atom. The molecule has 4 nitrogen and oxygen atoms in total. The van der Waals surface area contributed by atoms with Crippen LogP contribution in [0.2, 0.25) is 0 Å². The molecule has 0 saturated carbocycles. The van der Waals surface area contributed by atoms with Crippen molar-refractivity contribution >= 4 is 16.8 Å². The van der Waals surface area contributed by atoms with E-state index in [1.54, 1.807) is 12.1 Å². The molecule has 30 heavy (non-hydrogen) atoms. The van der Waals surface area contributed by atoms with Crippen molar-refractivity contribution in [2.75, 3.05) is 19.7 Å². The standard InChI is InChI=1S/C25H27FN2O2/c26-21-6-3-4-18(15-21)14-19-8-13-30-25(17-19)9-11-28(12-10-25)24(29)23-16-20-5-1-2-7-22(20)27-23/h1-7,15-16,19,27H,8-14,17H2. The summed E-state index contributed by atoms with van der Waals surface area (Å²) in [5.41, 5.74) is 2.56. The van der Waals surface area contributed by atoms with Crippen molar-refractivity contribution in [2.45, 2.75) is 37.7 Å². The molecule has 2 saturated heterocycles. The number of carbonyl (C=O) groups excluding carboxylic acids is 1. The van der Waals surface area contributed by atoms with E-state index in [0.29, 0.717) is 24.7 Å². The lowest BCUT2D eigenvalue weighted by Gasteiger charge is -2.46. The third kappa shape index (κ3) is 3.86. The monoisotopic (exact) mass is 406 g/mol. The number of hydrogen-bond acceptors (Lipinski definition) is 2. The minimum absolute atomic E-state index is 0.0631. The predicted molar refractivity (Wildman–Crippen MR) is 115 cm³/mol. The Kier molecular flexibility index (Phi) is 5.07. The average Bonchev–Trinajstić information content (AvgIpc) is 3.18. The number of aromatic amines is 1. The van der Waals surface area contributed by atoms with E-state index in [4.69, 9.17) is 4.74 Å². The maximum absolute atomic E-state index is 13.5. The van der Waals surface area contributed by atoms with Gasteiger partial charge in [0.25, 0.3) is 5.91 Å². The summed E-state index contributed by atoms with van der Waals surface area (Å²) in [5.74, 6) is 0.391. The van der Waals surface area contributed by atoms with Crippen LogP contribution < -0.4 is 0 Å². The summed E-state index contributed by atoms with van der Waals surface area (Å²) in [6, 6.07) is 16.8. The highest BCUT2D eigenvalue weighted by atomic mass is 19.1. The molecule has 0 radical (unpaired) electrons. The van der Waals surface area contributed by atoms with Gasteiger partial charge in [-0.25, -0.2) is 4.39 Å². The number of piperidine rings is 1. The molecule has 5 rings (SSSR count). The third-order valence-corrected chi connectivity index (χ3v) is 6.73. The number of ether oxygens (including phenoxy) is 1. The molecular weight excluding hydrogens is 379 g/mol. The van der Waals surface area contributed by atoms with Crippen LogP contribution in [0, 0.1) is 11.7 Å². The topological polar surface area (TPSA) is 45.3 Å². The summed E-state index contributed by atoms with van der Waals surface area (Å²) in [7, 11) is 0. The van der Waals surface area contributed by atoms with Crippen molar-refractivity contribution in [3.63, 3.8) is 0 Å². The van der Waals surface area contributed by atoms with Crippen LogP contribution in [0.1, 0.15) is 41.7 Å². The minimum atomic E-state index is -0.168. The smallest absolute Gasteiger partial charge is 0.270 e. The Hall–Kier alpha value is -2.66. The number of H-pyrrole nitrogens is 1. The zero-order valence-electron chi connectivity index (χ0n) is 17.1. The van der Waals surface area contributed by atoms with E-state index in [1.807, 2.05) is 41.3 Å². The number of carbonyl (C=O) groups is 1. The van der Waals surface area contributed by atoms with E-state index in [0.717, 1.165) is 55.2 Å². The van der Waals surface area contributed by atoms with Crippen LogP contribution in [0.15, 0.2) is 54.6 Å². The number of halogens is 1. The fraction of sp³-hybridized carbons (Fsp3) is 0.400. The molecule has 2 fully saturated rings. The zero-order valence-corrected chi connectivity index (χ0v) is 17.1. The molecular formula is C25H27FN2O2. The van der Waals surface area contributed by atoms with E-state index in [1.165, 1.54) is 6.07 Å². The van der Waals surface area contributed by atoms with Crippen LogP contribution in [0.25, 0.3) is 10.9 Å². The molecule has 1 atom stereocenters. The van der Waals surface area contributed by atoms with Crippen LogP contribution in [-0.2, 0) is 11.2 Å². The Labute approximate surface area is 176 Å². The largest absolute Gasteiger partial charge is 0.375 e. The number of para-hydroxylation sites is 1. The van der Waals surface area contributed by atoms with Gasteiger partial charge in [-0.1, -0.05) is 30.3 Å². The van der Waals surface area contributed by atoms with Gasteiger partial charge in [-0.3, -0.25) is 4.79 Å². The van der Waals surface area contributed by atoms with Crippen molar-refractivity contribution in [3.05, 3.63) is 71.7 Å². The highest BCUT2D eigenvalue weighted by Crippen LogP contribution is 2.39. The van der Waals surface area contributed by atoms with E-state index < -0.39 is 0 Å². The second kappa shape index (κ2) is 7.88. The van der Waals surface area contributed by atoms with E-state index >= 15 is 0 Å². The Morgan fingerprint density at radius 2 is 1.97 bits per heavy atom. The van der Waals surface area contributed by atoms with Gasteiger partial charge in [0.2, 0.25) is 0 Å². The molecule has 0 aliphatic carbocycles. The molecule has 3 aromatic rings. The van der Waals surface area contributed by atoms with Crippen molar-refractivity contribution < 1.29 is 13.9 Å². The van der Waals surface area contributed by atoms with Crippen LogP contribution in [-0.4, -0.2) is 41.1 Å². The van der Waals surface area contributed by atoms with Crippen LogP contribution in [0.4, 0.5) is 4.39 Å². The summed E-state index contributed by atoms with van der Waals surface area (Å²) >= 11 is 0. The normalized spacial score (nSPS) is 21.2. The number of amides is 1. The van der Waals surface area contributed by atoms with Gasteiger partial charge >= 0.3 is 0 Å². The fourth-order valence-electron chi connectivity index (χ4n) is 5.13. The molecule has 2 aromatic carbocycles. The molecule has 156 valence electrons. The second-order valence-electron chi connectivity index (χ2n) is 8.79. The van der Waals surface area contributed by atoms with Gasteiger partial charge in [0.05, 0.1) is 5.60 Å². The summed E-state index contributed by atoms with van der Waals surface area (Å²) in [6.45, 7) is 2.16. The van der Waals surface area contributed by atoms with Gasteiger partial charge in [0.1, 0.15) is 11.5 Å². The highest BCUT2D eigenvalue weighted by molar-refractivity contribution is 5.98. The van der Waals surface area contributed by atoms with Gasteiger partial charge in [0, 0.05) is 30.6 Å². The SMILES string of the molecule is O=C(c1cc2ccccc2[nH]1)N1CCC2(CC1)CC(Cc1cccc(F)c1)CCO2. The van der Waals surface area contributed by atoms with Crippen molar-refractivity contribution in [2.24, 2.45) is 5.92 Å². The summed E-state index contributed by atoms with van der Waals surface area (Å²) in [5, 5.41) is 1.06. The number of likely N-dealkylation sites (tertiary alicyclic amines) is 1. The van der Waals surface area contributed by atoms with E-state index in [9.17, 15) is 9.18 Å². The van der Waals surface area contributed by atoms with Gasteiger partial charge in [-0.15, -0.1) is 0 Å². The lowest BCUT2D eigenvalue weighted by atomic mass is 9.77. The fourth-order valence-corrected chi connectivity index (χ4v) is 5.13. The van der Waals surface area contributed by atoms with E-state index in [-0.39, 0.29) is 17.3 Å². The van der Waals surface area contributed by atoms with Crippen molar-refractivity contribution in [3.8, 4) is 0 Å². The number of benzene rings is 2. The Balaban J connectivity index is 1.22. The first kappa shape index (κ1) is 19.3. The molecule has 1 aromatic heterocycles. The van der Waals surface area contributed by atoms with Gasteiger partial charge in [0.15, 0.2) is 0 Å². The molecule has 5 heteroatoms. The quantitative estimate of drug-likeness (QED) is 0.669. The van der Waals surface area contributed by atoms with Gasteiger partial charge in [-0.05, 0) is 67.9 Å². The average molecular weight is 407 g/mol. The second-order valence-corrected chi connectivity index (χ2v) is 8.79. The third-order valence-electron chi connectivity index (χ3n) is 6.73. The Bertz CT molecular complexity index is 1020. The maximum Gasteiger partial charge on any atom is 0.270 e. The number of nitrogens with one attached hydrogen (secondary N) is 1.